The average Bonchev–Trinajstić information content (AvgIpc) is 3.26. The minimum Gasteiger partial charge on any atom is -0.395 e. The molecular formula is C19H24N4O3. The van der Waals surface area contributed by atoms with Crippen molar-refractivity contribution in [3.63, 3.8) is 0 Å². The summed E-state index contributed by atoms with van der Waals surface area (Å²) in [6, 6.07) is 9.39. The first kappa shape index (κ1) is 17.2. The lowest BCUT2D eigenvalue weighted by molar-refractivity contribution is 0.0731. The fourth-order valence-electron chi connectivity index (χ4n) is 4.40. The van der Waals surface area contributed by atoms with Crippen LogP contribution >= 0.6 is 0 Å². The lowest BCUT2D eigenvalue weighted by atomic mass is 9.73. The van der Waals surface area contributed by atoms with E-state index in [4.69, 9.17) is 4.52 Å². The number of amides is 1. The zero-order valence-electron chi connectivity index (χ0n) is 15.0. The van der Waals surface area contributed by atoms with Crippen molar-refractivity contribution in [2.75, 3.05) is 39.3 Å². The van der Waals surface area contributed by atoms with Gasteiger partial charge in [0.15, 0.2) is 5.82 Å². The van der Waals surface area contributed by atoms with E-state index < -0.39 is 0 Å². The molecule has 1 aromatic carbocycles. The number of carbonyl (C=O) groups is 1. The van der Waals surface area contributed by atoms with Crippen molar-refractivity contribution in [2.24, 2.45) is 5.92 Å². The van der Waals surface area contributed by atoms with Crippen molar-refractivity contribution in [2.45, 2.75) is 18.8 Å². The molecule has 7 heteroatoms. The van der Waals surface area contributed by atoms with E-state index in [-0.39, 0.29) is 23.8 Å². The number of carbonyl (C=O) groups excluding carboxylic acids is 1. The second-order valence-corrected chi connectivity index (χ2v) is 7.34. The predicted molar refractivity (Wildman–Crippen MR) is 94.7 cm³/mol. The highest BCUT2D eigenvalue weighted by molar-refractivity contribution is 5.94. The smallest absolute Gasteiger partial charge is 0.253 e. The molecule has 0 spiro atoms. The molecule has 2 aliphatic heterocycles. The van der Waals surface area contributed by atoms with Crippen molar-refractivity contribution in [3.8, 4) is 0 Å². The van der Waals surface area contributed by atoms with Gasteiger partial charge in [0.05, 0.1) is 12.0 Å². The molecule has 7 nitrogen and oxygen atoms in total. The fourth-order valence-corrected chi connectivity index (χ4v) is 4.40. The Balaban J connectivity index is 1.65. The lowest BCUT2D eigenvalue weighted by Gasteiger charge is -2.41. The van der Waals surface area contributed by atoms with E-state index in [0.29, 0.717) is 36.9 Å². The van der Waals surface area contributed by atoms with Gasteiger partial charge in [0.1, 0.15) is 0 Å². The van der Waals surface area contributed by atoms with Crippen LogP contribution in [0.15, 0.2) is 34.9 Å². The zero-order valence-corrected chi connectivity index (χ0v) is 15.0. The van der Waals surface area contributed by atoms with Crippen molar-refractivity contribution in [3.05, 3.63) is 47.6 Å². The maximum atomic E-state index is 13.0. The Labute approximate surface area is 152 Å². The molecule has 26 heavy (non-hydrogen) atoms. The highest BCUT2D eigenvalue weighted by Gasteiger charge is 2.55. The van der Waals surface area contributed by atoms with Crippen molar-refractivity contribution in [1.29, 1.82) is 0 Å². The van der Waals surface area contributed by atoms with Crippen molar-refractivity contribution < 1.29 is 14.4 Å². The molecule has 138 valence electrons. The zero-order chi connectivity index (χ0) is 18.1. The van der Waals surface area contributed by atoms with E-state index in [0.717, 1.165) is 19.5 Å². The first-order valence-electron chi connectivity index (χ1n) is 9.11. The molecule has 3 heterocycles. The molecule has 4 rings (SSSR count). The van der Waals surface area contributed by atoms with Gasteiger partial charge in [-0.1, -0.05) is 23.4 Å². The summed E-state index contributed by atoms with van der Waals surface area (Å²) in [6.45, 7) is 5.45. The number of aliphatic hydroxyl groups is 1. The molecule has 1 aromatic heterocycles. The molecular weight excluding hydrogens is 332 g/mol. The van der Waals surface area contributed by atoms with Crippen LogP contribution in [0.2, 0.25) is 0 Å². The van der Waals surface area contributed by atoms with Crippen molar-refractivity contribution >= 4 is 5.91 Å². The molecule has 0 radical (unpaired) electrons. The van der Waals surface area contributed by atoms with E-state index in [1.165, 1.54) is 0 Å². The van der Waals surface area contributed by atoms with Crippen LogP contribution in [0.3, 0.4) is 0 Å². The number of hydrogen-bond donors (Lipinski definition) is 1. The molecule has 0 saturated carbocycles. The van der Waals surface area contributed by atoms with Gasteiger partial charge in [0.25, 0.3) is 5.91 Å². The van der Waals surface area contributed by atoms with Crippen molar-refractivity contribution in [1.82, 2.24) is 19.9 Å². The summed E-state index contributed by atoms with van der Waals surface area (Å²) in [4.78, 5) is 21.7. The number of benzene rings is 1. The number of likely N-dealkylation sites (tertiary alicyclic amines) is 2. The fraction of sp³-hybridized carbons (Fsp3) is 0.526. The monoisotopic (exact) mass is 356 g/mol. The van der Waals surface area contributed by atoms with Gasteiger partial charge in [-0.05, 0) is 37.9 Å². The van der Waals surface area contributed by atoms with Crippen LogP contribution in [0.5, 0.6) is 0 Å². The van der Waals surface area contributed by atoms with Crippen LogP contribution in [0, 0.1) is 12.8 Å². The summed E-state index contributed by atoms with van der Waals surface area (Å²) >= 11 is 0. The largest absolute Gasteiger partial charge is 0.395 e. The molecule has 0 unspecified atom stereocenters. The third-order valence-corrected chi connectivity index (χ3v) is 5.67. The Morgan fingerprint density at radius 1 is 1.35 bits per heavy atom. The second-order valence-electron chi connectivity index (χ2n) is 7.34. The molecule has 1 amide bonds. The van der Waals surface area contributed by atoms with Gasteiger partial charge in [-0.3, -0.25) is 9.69 Å². The summed E-state index contributed by atoms with van der Waals surface area (Å²) in [5.74, 6) is 1.56. The maximum absolute atomic E-state index is 13.0. The minimum absolute atomic E-state index is 0.0457. The summed E-state index contributed by atoms with van der Waals surface area (Å²) in [5.41, 5.74) is 0.342. The molecule has 0 bridgehead atoms. The highest BCUT2D eigenvalue weighted by Crippen LogP contribution is 2.44. The molecule has 1 N–H and O–H groups in total. The Hall–Kier alpha value is -2.25. The molecule has 2 aromatic rings. The Bertz CT molecular complexity index is 778. The average molecular weight is 356 g/mol. The Morgan fingerprint density at radius 3 is 2.85 bits per heavy atom. The number of rotatable bonds is 4. The highest BCUT2D eigenvalue weighted by atomic mass is 16.5. The number of aromatic nitrogens is 2. The van der Waals surface area contributed by atoms with Crippen LogP contribution in [0.1, 0.15) is 28.5 Å². The van der Waals surface area contributed by atoms with Crippen LogP contribution in [-0.4, -0.2) is 70.3 Å². The van der Waals surface area contributed by atoms with Gasteiger partial charge >= 0.3 is 0 Å². The van der Waals surface area contributed by atoms with Crippen LogP contribution in [-0.2, 0) is 5.41 Å². The Kier molecular flexibility index (Phi) is 4.50. The molecule has 2 saturated heterocycles. The number of β-amino-alcohol motifs (C(OH)–C–C–N with tert-alkyl or cyclic N) is 1. The predicted octanol–water partition coefficient (Wildman–Crippen LogP) is 1.09. The minimum atomic E-state index is -0.362. The van der Waals surface area contributed by atoms with Gasteiger partial charge in [0.2, 0.25) is 5.89 Å². The molecule has 2 aliphatic rings. The van der Waals surface area contributed by atoms with Gasteiger partial charge in [-0.15, -0.1) is 0 Å². The summed E-state index contributed by atoms with van der Waals surface area (Å²) in [6.07, 6.45) is 0.944. The number of nitrogens with zero attached hydrogens (tertiary/aromatic N) is 4. The summed E-state index contributed by atoms with van der Waals surface area (Å²) in [7, 11) is 0. The van der Waals surface area contributed by atoms with E-state index in [1.54, 1.807) is 0 Å². The number of aliphatic hydroxyl groups excluding tert-OH is 1. The third-order valence-electron chi connectivity index (χ3n) is 5.67. The van der Waals surface area contributed by atoms with Gasteiger partial charge in [-0.2, -0.15) is 4.98 Å². The van der Waals surface area contributed by atoms with E-state index in [2.05, 4.69) is 15.0 Å². The quantitative estimate of drug-likeness (QED) is 0.883. The second kappa shape index (κ2) is 6.81. The van der Waals surface area contributed by atoms with Crippen LogP contribution in [0.25, 0.3) is 0 Å². The number of fused-ring (bicyclic) bond motifs is 1. The number of aryl methyl sites for hydroxylation is 1. The van der Waals surface area contributed by atoms with Crippen LogP contribution in [0.4, 0.5) is 0 Å². The van der Waals surface area contributed by atoms with Crippen LogP contribution < -0.4 is 0 Å². The molecule has 0 aliphatic carbocycles. The third kappa shape index (κ3) is 2.91. The van der Waals surface area contributed by atoms with E-state index >= 15 is 0 Å². The maximum Gasteiger partial charge on any atom is 0.253 e. The van der Waals surface area contributed by atoms with Gasteiger partial charge in [-0.25, -0.2) is 0 Å². The van der Waals surface area contributed by atoms with Gasteiger partial charge < -0.3 is 14.5 Å². The summed E-state index contributed by atoms with van der Waals surface area (Å²) in [5, 5.41) is 13.3. The molecule has 2 fully saturated rings. The normalized spacial score (nSPS) is 26.1. The first-order valence-corrected chi connectivity index (χ1v) is 9.11. The number of hydrogen-bond acceptors (Lipinski definition) is 6. The first-order chi connectivity index (χ1) is 12.6. The topological polar surface area (TPSA) is 82.7 Å². The molecule has 2 atom stereocenters. The van der Waals surface area contributed by atoms with E-state index in [9.17, 15) is 9.90 Å². The number of piperidine rings is 1. The SMILES string of the molecule is Cc1noc([C@]23CN(CCO)CC[C@H]2CN(C(=O)c2ccccc2)C3)n1. The summed E-state index contributed by atoms with van der Waals surface area (Å²) < 4.78 is 5.58. The lowest BCUT2D eigenvalue weighted by Crippen LogP contribution is -2.52. The Morgan fingerprint density at radius 2 is 2.15 bits per heavy atom. The van der Waals surface area contributed by atoms with E-state index in [1.807, 2.05) is 42.2 Å². The van der Waals surface area contributed by atoms with Gasteiger partial charge in [0, 0.05) is 31.7 Å². The standard InChI is InChI=1S/C19H24N4O3/c1-14-20-18(26-21-14)19-12-22(9-10-24)8-7-16(19)11-23(13-19)17(25)15-5-3-2-4-6-15/h2-6,16,24H,7-13H2,1H3/t16-,19-/m0/s1.